The summed E-state index contributed by atoms with van der Waals surface area (Å²) in [5, 5.41) is 3.74. The van der Waals surface area contributed by atoms with Gasteiger partial charge >= 0.3 is 0 Å². The Morgan fingerprint density at radius 3 is 2.24 bits per heavy atom. The van der Waals surface area contributed by atoms with Crippen molar-refractivity contribution in [1.82, 2.24) is 20.0 Å². The molecule has 0 aromatic heterocycles. The van der Waals surface area contributed by atoms with Gasteiger partial charge in [0.1, 0.15) is 0 Å². The van der Waals surface area contributed by atoms with Crippen molar-refractivity contribution in [1.29, 1.82) is 0 Å². The van der Waals surface area contributed by atoms with Crippen molar-refractivity contribution in [3.05, 3.63) is 23.3 Å². The largest absolute Gasteiger partial charge is 0.493 e. The molecule has 0 radical (unpaired) electrons. The van der Waals surface area contributed by atoms with Crippen LogP contribution in [0.5, 0.6) is 11.5 Å². The molecule has 0 aliphatic carbocycles. The summed E-state index contributed by atoms with van der Waals surface area (Å²) < 4.78 is 11.0. The van der Waals surface area contributed by atoms with E-state index in [4.69, 9.17) is 9.47 Å². The molecule has 7 nitrogen and oxygen atoms in total. The highest BCUT2D eigenvalue weighted by Crippen LogP contribution is 2.32. The third kappa shape index (κ3) is 6.88. The van der Waals surface area contributed by atoms with Gasteiger partial charge in [-0.3, -0.25) is 9.89 Å². The van der Waals surface area contributed by atoms with Gasteiger partial charge in [0.05, 0.1) is 14.2 Å². The number of hydrogen-bond acceptors (Lipinski definition) is 5. The first-order valence-electron chi connectivity index (χ1n) is 12.0. The molecule has 0 bridgehead atoms. The molecule has 8 heteroatoms. The first kappa shape index (κ1) is 28.0. The highest BCUT2D eigenvalue weighted by Gasteiger charge is 2.39. The monoisotopic (exact) mass is 573 g/mol. The fourth-order valence-electron chi connectivity index (χ4n) is 5.16. The number of benzene rings is 1. The maximum atomic E-state index is 5.52. The molecule has 0 amide bonds. The number of hydrogen-bond donors (Lipinski definition) is 1. The SMILES string of the molecule is CN=C(NCC1(N2CCCCC2)CCN(C)CC1)N(C)Cc1cc(OC)c(OC)cc1C.I. The van der Waals surface area contributed by atoms with Crippen LogP contribution in [0.4, 0.5) is 0 Å². The Labute approximate surface area is 217 Å². The van der Waals surface area contributed by atoms with E-state index in [-0.39, 0.29) is 29.5 Å². The summed E-state index contributed by atoms with van der Waals surface area (Å²) in [6.07, 6.45) is 6.45. The fourth-order valence-corrected chi connectivity index (χ4v) is 5.16. The highest BCUT2D eigenvalue weighted by molar-refractivity contribution is 14.0. The molecule has 1 N–H and O–H groups in total. The smallest absolute Gasteiger partial charge is 0.193 e. The van der Waals surface area contributed by atoms with Gasteiger partial charge in [-0.2, -0.15) is 0 Å². The van der Waals surface area contributed by atoms with Gasteiger partial charge in [0.15, 0.2) is 17.5 Å². The van der Waals surface area contributed by atoms with Crippen molar-refractivity contribution < 1.29 is 9.47 Å². The van der Waals surface area contributed by atoms with Crippen molar-refractivity contribution in [2.75, 3.05) is 68.1 Å². The topological polar surface area (TPSA) is 52.6 Å². The molecule has 3 rings (SSSR count). The Morgan fingerprint density at radius 2 is 1.67 bits per heavy atom. The number of nitrogens with one attached hydrogen (secondary N) is 1. The molecule has 1 aromatic rings. The van der Waals surface area contributed by atoms with E-state index in [1.54, 1.807) is 14.2 Å². The summed E-state index contributed by atoms with van der Waals surface area (Å²) in [6, 6.07) is 4.12. The van der Waals surface area contributed by atoms with Gasteiger partial charge in [0.2, 0.25) is 0 Å². The van der Waals surface area contributed by atoms with Crippen LogP contribution in [0.15, 0.2) is 17.1 Å². The third-order valence-electron chi connectivity index (χ3n) is 7.34. The van der Waals surface area contributed by atoms with Crippen LogP contribution < -0.4 is 14.8 Å². The van der Waals surface area contributed by atoms with Crippen molar-refractivity contribution in [2.45, 2.75) is 51.1 Å². The van der Waals surface area contributed by atoms with Crippen molar-refractivity contribution in [2.24, 2.45) is 4.99 Å². The molecule has 188 valence electrons. The molecule has 2 aliphatic heterocycles. The number of likely N-dealkylation sites (tertiary alicyclic amines) is 2. The van der Waals surface area contributed by atoms with Crippen molar-refractivity contribution >= 4 is 29.9 Å². The predicted molar refractivity (Wildman–Crippen MR) is 147 cm³/mol. The first-order chi connectivity index (χ1) is 15.4. The van der Waals surface area contributed by atoms with Crippen LogP contribution >= 0.6 is 24.0 Å². The Morgan fingerprint density at radius 1 is 1.06 bits per heavy atom. The van der Waals surface area contributed by atoms with E-state index in [0.29, 0.717) is 0 Å². The van der Waals surface area contributed by atoms with Crippen LogP contribution in [0, 0.1) is 6.92 Å². The van der Waals surface area contributed by atoms with E-state index in [2.05, 4.69) is 52.1 Å². The zero-order valence-corrected chi connectivity index (χ0v) is 23.8. The zero-order chi connectivity index (χ0) is 23.1. The van der Waals surface area contributed by atoms with Crippen LogP contribution in [0.1, 0.15) is 43.2 Å². The molecule has 1 aromatic carbocycles. The molecular formula is C25H44IN5O2. The summed E-state index contributed by atoms with van der Waals surface area (Å²) in [5.41, 5.74) is 2.62. The molecule has 2 fully saturated rings. The standard InChI is InChI=1S/C25H43N5O2.HI/c1-20-16-22(31-5)23(32-6)17-21(20)18-29(4)24(26-2)27-19-25(10-14-28(3)15-11-25)30-12-8-7-9-13-30;/h16-17H,7-15,18-19H2,1-6H3,(H,26,27);1H. The lowest BCUT2D eigenvalue weighted by Crippen LogP contribution is -2.62. The second kappa shape index (κ2) is 13.0. The molecule has 0 saturated carbocycles. The van der Waals surface area contributed by atoms with Crippen molar-refractivity contribution in [3.63, 3.8) is 0 Å². The van der Waals surface area contributed by atoms with E-state index >= 15 is 0 Å². The Kier molecular flexibility index (Phi) is 11.0. The van der Waals surface area contributed by atoms with Crippen LogP contribution in [0.2, 0.25) is 0 Å². The summed E-state index contributed by atoms with van der Waals surface area (Å²) in [7, 11) is 9.58. The Balaban J connectivity index is 0.00000385. The lowest BCUT2D eigenvalue weighted by molar-refractivity contribution is 0.0170. The first-order valence-corrected chi connectivity index (χ1v) is 12.0. The van der Waals surface area contributed by atoms with Gasteiger partial charge in [-0.05, 0) is 89.1 Å². The maximum Gasteiger partial charge on any atom is 0.193 e. The lowest BCUT2D eigenvalue weighted by atomic mass is 9.84. The van der Waals surface area contributed by atoms with Gasteiger partial charge in [-0.25, -0.2) is 0 Å². The number of rotatable bonds is 7. The summed E-state index contributed by atoms with van der Waals surface area (Å²) >= 11 is 0. The van der Waals surface area contributed by atoms with Crippen LogP contribution in [0.25, 0.3) is 0 Å². The van der Waals surface area contributed by atoms with Crippen LogP contribution in [-0.4, -0.2) is 94.3 Å². The predicted octanol–water partition coefficient (Wildman–Crippen LogP) is 3.59. The molecule has 2 heterocycles. The Bertz CT molecular complexity index is 774. The number of aryl methyl sites for hydroxylation is 1. The maximum absolute atomic E-state index is 5.52. The molecule has 0 spiro atoms. The van der Waals surface area contributed by atoms with Gasteiger partial charge in [0.25, 0.3) is 0 Å². The number of methoxy groups -OCH3 is 2. The van der Waals surface area contributed by atoms with Crippen LogP contribution in [0.3, 0.4) is 0 Å². The lowest BCUT2D eigenvalue weighted by Gasteiger charge is -2.50. The van der Waals surface area contributed by atoms with Gasteiger partial charge in [-0.15, -0.1) is 24.0 Å². The number of halogens is 1. The molecule has 2 saturated heterocycles. The van der Waals surface area contributed by atoms with Crippen molar-refractivity contribution in [3.8, 4) is 11.5 Å². The number of ether oxygens (including phenoxy) is 2. The minimum atomic E-state index is 0. The van der Waals surface area contributed by atoms with E-state index < -0.39 is 0 Å². The minimum Gasteiger partial charge on any atom is -0.493 e. The molecule has 0 atom stereocenters. The zero-order valence-electron chi connectivity index (χ0n) is 21.4. The number of nitrogens with zero attached hydrogens (tertiary/aromatic N) is 4. The molecule has 0 unspecified atom stereocenters. The summed E-state index contributed by atoms with van der Waals surface area (Å²) in [4.78, 5) is 12.0. The van der Waals surface area contributed by atoms with Gasteiger partial charge in [0, 0.05) is 32.7 Å². The Hall–Kier alpha value is -1.26. The summed E-state index contributed by atoms with van der Waals surface area (Å²) in [5.74, 6) is 2.47. The van der Waals surface area contributed by atoms with E-state index in [1.165, 1.54) is 56.3 Å². The molecule has 2 aliphatic rings. The normalized spacial score (nSPS) is 19.5. The average molecular weight is 574 g/mol. The number of aliphatic imine (C=N–C) groups is 1. The molecular weight excluding hydrogens is 529 g/mol. The van der Waals surface area contributed by atoms with E-state index in [9.17, 15) is 0 Å². The van der Waals surface area contributed by atoms with E-state index in [0.717, 1.165) is 43.6 Å². The van der Waals surface area contributed by atoms with Gasteiger partial charge in [-0.1, -0.05) is 6.42 Å². The summed E-state index contributed by atoms with van der Waals surface area (Å²) in [6.45, 7) is 8.60. The van der Waals surface area contributed by atoms with E-state index in [1.807, 2.05) is 13.1 Å². The fraction of sp³-hybridized carbons (Fsp3) is 0.720. The quantitative estimate of drug-likeness (QED) is 0.306. The average Bonchev–Trinajstić information content (AvgIpc) is 2.82. The second-order valence-electron chi connectivity index (χ2n) is 9.47. The number of guanidine groups is 1. The molecule has 33 heavy (non-hydrogen) atoms. The second-order valence-corrected chi connectivity index (χ2v) is 9.47. The van der Waals surface area contributed by atoms with Gasteiger partial charge < -0.3 is 24.6 Å². The number of piperidine rings is 2. The third-order valence-corrected chi connectivity index (χ3v) is 7.34. The highest BCUT2D eigenvalue weighted by atomic mass is 127. The minimum absolute atomic E-state index is 0. The van der Waals surface area contributed by atoms with Crippen LogP contribution in [-0.2, 0) is 6.54 Å².